The fourth-order valence-electron chi connectivity index (χ4n) is 5.57. The van der Waals surface area contributed by atoms with Crippen LogP contribution in [0.25, 0.3) is 0 Å². The Morgan fingerprint density at radius 3 is 2.78 bits per heavy atom. The number of aliphatic hydroxyl groups is 1. The summed E-state index contributed by atoms with van der Waals surface area (Å²) in [5, 5.41) is 23.7. The van der Waals surface area contributed by atoms with E-state index >= 15 is 0 Å². The van der Waals surface area contributed by atoms with Gasteiger partial charge in [-0.05, 0) is 64.6 Å². The zero-order valence-corrected chi connectivity index (χ0v) is 20.6. The van der Waals surface area contributed by atoms with E-state index in [0.717, 1.165) is 10.4 Å². The number of nitrogens with zero attached hydrogens (tertiary/aromatic N) is 1. The molecule has 0 radical (unpaired) electrons. The van der Waals surface area contributed by atoms with Crippen molar-refractivity contribution in [2.45, 2.75) is 38.2 Å². The number of ether oxygens (including phenoxy) is 2. The van der Waals surface area contributed by atoms with E-state index in [1.807, 2.05) is 47.0 Å². The molecular weight excluding hydrogens is 545 g/mol. The molecule has 0 bridgehead atoms. The van der Waals surface area contributed by atoms with Gasteiger partial charge in [-0.1, -0.05) is 13.0 Å². The van der Waals surface area contributed by atoms with Gasteiger partial charge in [-0.15, -0.1) is 11.3 Å². The number of benzene rings is 1. The monoisotopic (exact) mass is 569 g/mol. The maximum Gasteiger partial charge on any atom is 0.233 e. The predicted molar refractivity (Wildman–Crippen MR) is 125 cm³/mol. The normalized spacial score (nSPS) is 34.0. The summed E-state index contributed by atoms with van der Waals surface area (Å²) >= 11 is 3.54. The number of phenols is 1. The molecule has 0 unspecified atom stereocenters. The lowest BCUT2D eigenvalue weighted by atomic mass is 9.65. The van der Waals surface area contributed by atoms with Crippen LogP contribution >= 0.6 is 33.9 Å². The Morgan fingerprint density at radius 1 is 1.31 bits per heavy atom. The average Bonchev–Trinajstić information content (AvgIpc) is 3.45. The summed E-state index contributed by atoms with van der Waals surface area (Å²) < 4.78 is 12.1. The standard InChI is InChI=1S/C23H24INO6S/c1-11-6-14-19(22(28)25(21(14)27)10-13-4-3-5-32-13)15-9-17(31-23(11,15)29)12-7-16(24)20(26)18(8-12)30-2/h3-5,7-8,11,14-15,17,19,26,29H,6,9-10H2,1-2H3/t11-,14-,15-,17-,19-,23+/m0/s1. The maximum absolute atomic E-state index is 13.4. The number of halogens is 1. The quantitative estimate of drug-likeness (QED) is 0.431. The minimum Gasteiger partial charge on any atom is -0.504 e. The number of imide groups is 1. The molecule has 1 aromatic heterocycles. The minimum absolute atomic E-state index is 0.0557. The van der Waals surface area contributed by atoms with Crippen molar-refractivity contribution in [1.29, 1.82) is 0 Å². The predicted octanol–water partition coefficient (Wildman–Crippen LogP) is 3.67. The lowest BCUT2D eigenvalue weighted by Gasteiger charge is -2.43. The molecule has 6 atom stereocenters. The van der Waals surface area contributed by atoms with Crippen molar-refractivity contribution in [3.8, 4) is 11.5 Å². The van der Waals surface area contributed by atoms with Gasteiger partial charge in [0.1, 0.15) is 0 Å². The van der Waals surface area contributed by atoms with E-state index in [0.29, 0.717) is 22.2 Å². The number of likely N-dealkylation sites (tertiary alicyclic amines) is 1. The molecule has 7 nitrogen and oxygen atoms in total. The van der Waals surface area contributed by atoms with Crippen LogP contribution < -0.4 is 4.74 Å². The SMILES string of the molecule is COc1cc([C@@H]2C[C@H]3[C@H]4C(=O)N(Cc5cccs5)C(=O)[C@H]4C[C@H](C)[C@@]3(O)O2)cc(I)c1O. The summed E-state index contributed by atoms with van der Waals surface area (Å²) in [6, 6.07) is 7.33. The number of hydrogen-bond acceptors (Lipinski definition) is 7. The first kappa shape index (κ1) is 22.1. The van der Waals surface area contributed by atoms with Crippen LogP contribution in [0.3, 0.4) is 0 Å². The minimum atomic E-state index is -1.49. The molecule has 9 heteroatoms. The molecule has 170 valence electrons. The molecule has 2 saturated heterocycles. The van der Waals surface area contributed by atoms with Gasteiger partial charge in [0.25, 0.3) is 0 Å². The Bertz CT molecular complexity index is 1070. The summed E-state index contributed by atoms with van der Waals surface area (Å²) in [5.41, 5.74) is 0.767. The first-order chi connectivity index (χ1) is 15.2. The summed E-state index contributed by atoms with van der Waals surface area (Å²) in [4.78, 5) is 28.9. The molecule has 1 aliphatic carbocycles. The number of phenolic OH excluding ortho intramolecular Hbond substituents is 1. The van der Waals surface area contributed by atoms with Crippen LogP contribution in [0, 0.1) is 27.2 Å². The zero-order valence-electron chi connectivity index (χ0n) is 17.7. The van der Waals surface area contributed by atoms with E-state index in [1.165, 1.54) is 23.3 Å². The average molecular weight is 569 g/mol. The first-order valence-corrected chi connectivity index (χ1v) is 12.5. The molecule has 32 heavy (non-hydrogen) atoms. The number of aromatic hydroxyl groups is 1. The third-order valence-electron chi connectivity index (χ3n) is 7.18. The third-order valence-corrected chi connectivity index (χ3v) is 8.87. The molecular formula is C23H24INO6S. The second-order valence-electron chi connectivity index (χ2n) is 8.87. The fourth-order valence-corrected chi connectivity index (χ4v) is 6.88. The Hall–Kier alpha value is -1.69. The van der Waals surface area contributed by atoms with E-state index in [4.69, 9.17) is 9.47 Å². The molecule has 3 fully saturated rings. The van der Waals surface area contributed by atoms with Crippen molar-refractivity contribution < 1.29 is 29.3 Å². The van der Waals surface area contributed by atoms with Crippen molar-refractivity contribution >= 4 is 45.7 Å². The van der Waals surface area contributed by atoms with Crippen molar-refractivity contribution in [2.24, 2.45) is 23.7 Å². The number of carbonyl (C=O) groups excluding carboxylic acids is 2. The largest absolute Gasteiger partial charge is 0.504 e. The molecule has 3 aliphatic rings. The van der Waals surface area contributed by atoms with Gasteiger partial charge in [-0.25, -0.2) is 0 Å². The smallest absolute Gasteiger partial charge is 0.233 e. The summed E-state index contributed by atoms with van der Waals surface area (Å²) in [6.07, 6.45) is 0.355. The van der Waals surface area contributed by atoms with E-state index in [1.54, 1.807) is 12.1 Å². The van der Waals surface area contributed by atoms with Gasteiger partial charge in [-0.2, -0.15) is 0 Å². The van der Waals surface area contributed by atoms with E-state index in [2.05, 4.69) is 0 Å². The number of hydrogen-bond donors (Lipinski definition) is 2. The van der Waals surface area contributed by atoms with Gasteiger partial charge in [-0.3, -0.25) is 14.5 Å². The van der Waals surface area contributed by atoms with Crippen molar-refractivity contribution in [3.05, 3.63) is 43.7 Å². The number of thiophene rings is 1. The summed E-state index contributed by atoms with van der Waals surface area (Å²) in [7, 11) is 1.48. The Morgan fingerprint density at radius 2 is 2.09 bits per heavy atom. The second-order valence-corrected chi connectivity index (χ2v) is 11.1. The molecule has 2 aromatic rings. The van der Waals surface area contributed by atoms with Crippen molar-refractivity contribution in [2.75, 3.05) is 7.11 Å². The van der Waals surface area contributed by atoms with Crippen LogP contribution in [0.5, 0.6) is 11.5 Å². The highest BCUT2D eigenvalue weighted by atomic mass is 127. The number of methoxy groups -OCH3 is 1. The van der Waals surface area contributed by atoms with Crippen LogP contribution in [0.4, 0.5) is 0 Å². The molecule has 2 aliphatic heterocycles. The number of rotatable bonds is 4. The lowest BCUT2D eigenvalue weighted by molar-refractivity contribution is -0.265. The van der Waals surface area contributed by atoms with Gasteiger partial charge >= 0.3 is 0 Å². The topological polar surface area (TPSA) is 96.3 Å². The van der Waals surface area contributed by atoms with Crippen LogP contribution in [0.2, 0.25) is 0 Å². The van der Waals surface area contributed by atoms with Crippen LogP contribution in [0.15, 0.2) is 29.6 Å². The van der Waals surface area contributed by atoms with Gasteiger partial charge in [0, 0.05) is 16.7 Å². The molecule has 2 amide bonds. The highest BCUT2D eigenvalue weighted by molar-refractivity contribution is 14.1. The molecule has 5 rings (SSSR count). The van der Waals surface area contributed by atoms with Gasteiger partial charge in [0.2, 0.25) is 11.8 Å². The summed E-state index contributed by atoms with van der Waals surface area (Å²) in [5.74, 6) is -3.27. The van der Waals surface area contributed by atoms with E-state index in [-0.39, 0.29) is 30.0 Å². The van der Waals surface area contributed by atoms with Gasteiger partial charge in [0.05, 0.1) is 35.2 Å². The molecule has 0 spiro atoms. The molecule has 1 aromatic carbocycles. The van der Waals surface area contributed by atoms with E-state index in [9.17, 15) is 19.8 Å². The number of fused-ring (bicyclic) bond motifs is 3. The lowest BCUT2D eigenvalue weighted by Crippen LogP contribution is -2.52. The second kappa shape index (κ2) is 7.96. The van der Waals surface area contributed by atoms with Crippen molar-refractivity contribution in [1.82, 2.24) is 4.90 Å². The summed E-state index contributed by atoms with van der Waals surface area (Å²) in [6.45, 7) is 2.16. The molecule has 2 N–H and O–H groups in total. The number of carbonyl (C=O) groups is 2. The highest BCUT2D eigenvalue weighted by Crippen LogP contribution is 2.58. The third kappa shape index (κ3) is 3.27. The Labute approximate surface area is 203 Å². The first-order valence-electron chi connectivity index (χ1n) is 10.6. The number of amides is 2. The van der Waals surface area contributed by atoms with Gasteiger partial charge in [0.15, 0.2) is 17.3 Å². The van der Waals surface area contributed by atoms with E-state index < -0.39 is 29.6 Å². The highest BCUT2D eigenvalue weighted by Gasteiger charge is 2.65. The van der Waals surface area contributed by atoms with Crippen LogP contribution in [0.1, 0.15) is 36.3 Å². The molecule has 1 saturated carbocycles. The Kier molecular flexibility index (Phi) is 5.51. The zero-order chi connectivity index (χ0) is 22.8. The molecule has 3 heterocycles. The maximum atomic E-state index is 13.4. The Balaban J connectivity index is 1.47. The fraction of sp³-hybridized carbons (Fsp3) is 0.478. The van der Waals surface area contributed by atoms with Crippen LogP contribution in [-0.4, -0.2) is 39.8 Å². The van der Waals surface area contributed by atoms with Crippen molar-refractivity contribution in [3.63, 3.8) is 0 Å². The van der Waals surface area contributed by atoms with Gasteiger partial charge < -0.3 is 19.7 Å². The van der Waals surface area contributed by atoms with Crippen LogP contribution in [-0.2, 0) is 20.9 Å².